The highest BCUT2D eigenvalue weighted by molar-refractivity contribution is 5.97. The molecular formula is C21H34ClN3O2. The minimum Gasteiger partial charge on any atom is -0.330 e. The average Bonchev–Trinajstić information content (AvgIpc) is 2.57. The SMILES string of the molecule is Cc1ccc(NC(=O)CC2(CN)CCCCC2)cc1NC(=O)C(C)(C)C.Cl. The molecule has 0 saturated heterocycles. The van der Waals surface area contributed by atoms with Gasteiger partial charge in [-0.1, -0.05) is 46.1 Å². The molecule has 27 heavy (non-hydrogen) atoms. The minimum atomic E-state index is -0.472. The van der Waals surface area contributed by atoms with Gasteiger partial charge < -0.3 is 16.4 Å². The van der Waals surface area contributed by atoms with Crippen LogP contribution in [0.4, 0.5) is 11.4 Å². The highest BCUT2D eigenvalue weighted by atomic mass is 35.5. The van der Waals surface area contributed by atoms with Crippen LogP contribution in [0.5, 0.6) is 0 Å². The number of hydrogen-bond acceptors (Lipinski definition) is 3. The summed E-state index contributed by atoms with van der Waals surface area (Å²) in [5, 5.41) is 5.94. The molecule has 2 amide bonds. The molecule has 0 atom stereocenters. The first kappa shape index (κ1) is 23.4. The van der Waals surface area contributed by atoms with Crippen LogP contribution in [0.1, 0.15) is 64.9 Å². The van der Waals surface area contributed by atoms with E-state index in [0.717, 1.165) is 36.9 Å². The van der Waals surface area contributed by atoms with E-state index in [0.29, 0.717) is 18.7 Å². The zero-order valence-corrected chi connectivity index (χ0v) is 17.8. The summed E-state index contributed by atoms with van der Waals surface area (Å²) in [5.74, 6) is -0.0531. The molecule has 1 saturated carbocycles. The number of nitrogens with one attached hydrogen (secondary N) is 2. The molecule has 1 aliphatic rings. The Morgan fingerprint density at radius 2 is 1.74 bits per heavy atom. The molecule has 152 valence electrons. The number of halogens is 1. The fourth-order valence-electron chi connectivity index (χ4n) is 3.44. The lowest BCUT2D eigenvalue weighted by Gasteiger charge is -2.35. The average molecular weight is 396 g/mol. The van der Waals surface area contributed by atoms with E-state index in [2.05, 4.69) is 10.6 Å². The molecule has 0 radical (unpaired) electrons. The number of anilines is 2. The Morgan fingerprint density at radius 3 is 2.30 bits per heavy atom. The molecule has 0 spiro atoms. The van der Waals surface area contributed by atoms with Crippen molar-refractivity contribution in [3.63, 3.8) is 0 Å². The van der Waals surface area contributed by atoms with Gasteiger partial charge in [-0.15, -0.1) is 12.4 Å². The second kappa shape index (κ2) is 9.56. The largest absolute Gasteiger partial charge is 0.330 e. The molecular weight excluding hydrogens is 362 g/mol. The second-order valence-electron chi connectivity index (χ2n) is 8.72. The van der Waals surface area contributed by atoms with Crippen LogP contribution in [0.25, 0.3) is 0 Å². The first-order chi connectivity index (χ1) is 12.1. The van der Waals surface area contributed by atoms with E-state index in [4.69, 9.17) is 5.73 Å². The van der Waals surface area contributed by atoms with Gasteiger partial charge in [-0.25, -0.2) is 0 Å². The maximum Gasteiger partial charge on any atom is 0.229 e. The molecule has 0 unspecified atom stereocenters. The fourth-order valence-corrected chi connectivity index (χ4v) is 3.44. The van der Waals surface area contributed by atoms with E-state index in [1.807, 2.05) is 45.9 Å². The van der Waals surface area contributed by atoms with Crippen molar-refractivity contribution in [1.29, 1.82) is 0 Å². The van der Waals surface area contributed by atoms with Gasteiger partial charge in [0.1, 0.15) is 0 Å². The zero-order chi connectivity index (χ0) is 19.4. The van der Waals surface area contributed by atoms with Crippen LogP contribution in [0.3, 0.4) is 0 Å². The zero-order valence-electron chi connectivity index (χ0n) is 17.0. The lowest BCUT2D eigenvalue weighted by Crippen LogP contribution is -2.36. The normalized spacial score (nSPS) is 16.2. The molecule has 4 N–H and O–H groups in total. The molecule has 2 rings (SSSR count). The smallest absolute Gasteiger partial charge is 0.229 e. The van der Waals surface area contributed by atoms with E-state index < -0.39 is 5.41 Å². The number of aryl methyl sites for hydroxylation is 1. The monoisotopic (exact) mass is 395 g/mol. The fraction of sp³-hybridized carbons (Fsp3) is 0.619. The predicted molar refractivity (Wildman–Crippen MR) is 114 cm³/mol. The molecule has 1 aromatic rings. The summed E-state index contributed by atoms with van der Waals surface area (Å²) in [5.41, 5.74) is 7.86. The molecule has 0 bridgehead atoms. The van der Waals surface area contributed by atoms with E-state index in [-0.39, 0.29) is 29.6 Å². The first-order valence-electron chi connectivity index (χ1n) is 9.57. The molecule has 0 heterocycles. The Morgan fingerprint density at radius 1 is 1.11 bits per heavy atom. The number of carbonyl (C=O) groups is 2. The molecule has 0 aromatic heterocycles. The van der Waals surface area contributed by atoms with Crippen LogP contribution >= 0.6 is 12.4 Å². The summed E-state index contributed by atoms with van der Waals surface area (Å²) in [7, 11) is 0. The van der Waals surface area contributed by atoms with Crippen LogP contribution in [-0.2, 0) is 9.59 Å². The third-order valence-electron chi connectivity index (χ3n) is 5.33. The first-order valence-corrected chi connectivity index (χ1v) is 9.57. The van der Waals surface area contributed by atoms with Gasteiger partial charge in [0.2, 0.25) is 11.8 Å². The number of rotatable bonds is 5. The summed E-state index contributed by atoms with van der Waals surface area (Å²) in [6, 6.07) is 5.61. The lowest BCUT2D eigenvalue weighted by molar-refractivity contribution is -0.123. The Labute approximate surface area is 169 Å². The molecule has 1 aliphatic carbocycles. The van der Waals surface area contributed by atoms with Crippen LogP contribution < -0.4 is 16.4 Å². The molecule has 1 aromatic carbocycles. The summed E-state index contributed by atoms with van der Waals surface area (Å²) in [6.45, 7) is 8.12. The summed E-state index contributed by atoms with van der Waals surface area (Å²) < 4.78 is 0. The summed E-state index contributed by atoms with van der Waals surface area (Å²) >= 11 is 0. The predicted octanol–water partition coefficient (Wildman–Crippen LogP) is 4.64. The highest BCUT2D eigenvalue weighted by Crippen LogP contribution is 2.38. The van der Waals surface area contributed by atoms with Gasteiger partial charge in [0, 0.05) is 23.2 Å². The van der Waals surface area contributed by atoms with Crippen LogP contribution in [0.15, 0.2) is 18.2 Å². The Kier molecular flexibility index (Phi) is 8.30. The van der Waals surface area contributed by atoms with Crippen molar-refractivity contribution in [3.8, 4) is 0 Å². The maximum atomic E-state index is 12.6. The van der Waals surface area contributed by atoms with E-state index >= 15 is 0 Å². The van der Waals surface area contributed by atoms with Crippen LogP contribution in [0.2, 0.25) is 0 Å². The third-order valence-corrected chi connectivity index (χ3v) is 5.33. The van der Waals surface area contributed by atoms with E-state index in [1.54, 1.807) is 0 Å². The molecule has 1 fully saturated rings. The van der Waals surface area contributed by atoms with Gasteiger partial charge in [0.15, 0.2) is 0 Å². The van der Waals surface area contributed by atoms with Crippen molar-refractivity contribution < 1.29 is 9.59 Å². The van der Waals surface area contributed by atoms with Crippen LogP contribution in [-0.4, -0.2) is 18.4 Å². The Balaban J connectivity index is 0.00000364. The van der Waals surface area contributed by atoms with Crippen molar-refractivity contribution in [1.82, 2.24) is 0 Å². The van der Waals surface area contributed by atoms with E-state index in [1.165, 1.54) is 6.42 Å². The van der Waals surface area contributed by atoms with Gasteiger partial charge in [-0.05, 0) is 49.4 Å². The van der Waals surface area contributed by atoms with Crippen LogP contribution in [0, 0.1) is 17.8 Å². The van der Waals surface area contributed by atoms with Crippen molar-refractivity contribution in [3.05, 3.63) is 23.8 Å². The van der Waals surface area contributed by atoms with Gasteiger partial charge in [0.25, 0.3) is 0 Å². The topological polar surface area (TPSA) is 84.2 Å². The number of carbonyl (C=O) groups excluding carboxylic acids is 2. The van der Waals surface area contributed by atoms with Crippen molar-refractivity contribution in [2.45, 2.75) is 66.2 Å². The van der Waals surface area contributed by atoms with Gasteiger partial charge in [0.05, 0.1) is 0 Å². The van der Waals surface area contributed by atoms with Gasteiger partial charge in [-0.2, -0.15) is 0 Å². The summed E-state index contributed by atoms with van der Waals surface area (Å²) in [4.78, 5) is 24.8. The second-order valence-corrected chi connectivity index (χ2v) is 8.72. The molecule has 6 heteroatoms. The third kappa shape index (κ3) is 6.51. The van der Waals surface area contributed by atoms with Gasteiger partial charge >= 0.3 is 0 Å². The maximum absolute atomic E-state index is 12.6. The highest BCUT2D eigenvalue weighted by Gasteiger charge is 2.33. The number of nitrogens with two attached hydrogens (primary N) is 1. The number of hydrogen-bond donors (Lipinski definition) is 3. The van der Waals surface area contributed by atoms with Crippen molar-refractivity contribution in [2.24, 2.45) is 16.6 Å². The standard InChI is InChI=1S/C21H33N3O2.ClH/c1-15-8-9-16(12-17(15)24-19(26)20(2,3)4)23-18(25)13-21(14-22)10-6-5-7-11-21;/h8-9,12H,5-7,10-11,13-14,22H2,1-4H3,(H,23,25)(H,24,26);1H. The Bertz CT molecular complexity index is 662. The molecule has 5 nitrogen and oxygen atoms in total. The van der Waals surface area contributed by atoms with Crippen molar-refractivity contribution >= 4 is 35.6 Å². The Hall–Kier alpha value is -1.59. The number of benzene rings is 1. The quantitative estimate of drug-likeness (QED) is 0.678. The minimum absolute atomic E-state index is 0. The van der Waals surface area contributed by atoms with Crippen molar-refractivity contribution in [2.75, 3.05) is 17.2 Å². The molecule has 0 aliphatic heterocycles. The number of amides is 2. The van der Waals surface area contributed by atoms with Gasteiger partial charge in [-0.3, -0.25) is 9.59 Å². The summed E-state index contributed by atoms with van der Waals surface area (Å²) in [6.07, 6.45) is 6.05. The lowest BCUT2D eigenvalue weighted by atomic mass is 9.71. The van der Waals surface area contributed by atoms with E-state index in [9.17, 15) is 9.59 Å².